The number of aliphatic hydroxyl groups is 1. The second-order valence-corrected chi connectivity index (χ2v) is 6.81. The fourth-order valence-electron chi connectivity index (χ4n) is 1.76. The van der Waals surface area contributed by atoms with Crippen molar-refractivity contribution in [3.8, 4) is 0 Å². The van der Waals surface area contributed by atoms with Crippen LogP contribution in [-0.2, 0) is 17.8 Å². The molecule has 0 fully saturated rings. The summed E-state index contributed by atoms with van der Waals surface area (Å²) in [6.45, 7) is 10.8. The Labute approximate surface area is 131 Å². The molecule has 8 heteroatoms. The minimum absolute atomic E-state index is 0.0308. The van der Waals surface area contributed by atoms with Gasteiger partial charge >= 0.3 is 6.09 Å². The van der Waals surface area contributed by atoms with Crippen molar-refractivity contribution < 1.29 is 14.6 Å². The van der Waals surface area contributed by atoms with Crippen molar-refractivity contribution in [3.63, 3.8) is 0 Å². The van der Waals surface area contributed by atoms with Gasteiger partial charge < -0.3 is 20.5 Å². The fourth-order valence-corrected chi connectivity index (χ4v) is 1.76. The maximum atomic E-state index is 11.8. The number of amides is 1. The number of ether oxygens (including phenoxy) is 1. The molecule has 0 bridgehead atoms. The van der Waals surface area contributed by atoms with Crippen LogP contribution in [0.25, 0.3) is 0 Å². The third kappa shape index (κ3) is 7.37. The van der Waals surface area contributed by atoms with E-state index < -0.39 is 17.2 Å². The maximum absolute atomic E-state index is 11.8. The van der Waals surface area contributed by atoms with Gasteiger partial charge in [-0.25, -0.2) is 9.48 Å². The molecule has 126 valence electrons. The molecule has 1 aromatic heterocycles. The predicted octanol–water partition coefficient (Wildman–Crippen LogP) is 0.663. The zero-order valence-electron chi connectivity index (χ0n) is 14.0. The van der Waals surface area contributed by atoms with Crippen LogP contribution in [0.4, 0.5) is 4.79 Å². The Morgan fingerprint density at radius 2 is 2.05 bits per heavy atom. The van der Waals surface area contributed by atoms with Gasteiger partial charge in [0.1, 0.15) is 5.60 Å². The van der Waals surface area contributed by atoms with Crippen LogP contribution in [0, 0.1) is 0 Å². The van der Waals surface area contributed by atoms with E-state index in [0.717, 1.165) is 5.69 Å². The van der Waals surface area contributed by atoms with Gasteiger partial charge in [0.15, 0.2) is 0 Å². The van der Waals surface area contributed by atoms with Crippen LogP contribution in [0.2, 0.25) is 0 Å². The summed E-state index contributed by atoms with van der Waals surface area (Å²) in [5.74, 6) is 0. The molecule has 0 aliphatic heterocycles. The summed E-state index contributed by atoms with van der Waals surface area (Å²) < 4.78 is 6.83. The van der Waals surface area contributed by atoms with Crippen LogP contribution in [0.3, 0.4) is 0 Å². The van der Waals surface area contributed by atoms with Crippen LogP contribution in [-0.4, -0.2) is 50.5 Å². The molecule has 1 heterocycles. The van der Waals surface area contributed by atoms with E-state index in [1.165, 1.54) is 0 Å². The number of carbonyl (C=O) groups is 1. The lowest BCUT2D eigenvalue weighted by Gasteiger charge is -2.28. The van der Waals surface area contributed by atoms with Crippen molar-refractivity contribution >= 4 is 6.09 Å². The van der Waals surface area contributed by atoms with Crippen molar-refractivity contribution in [2.24, 2.45) is 0 Å². The molecule has 0 aromatic carbocycles. The summed E-state index contributed by atoms with van der Waals surface area (Å²) in [6.07, 6.45) is 1.34. The molecule has 1 aromatic rings. The zero-order valence-corrected chi connectivity index (χ0v) is 14.0. The SMILES string of the molecule is CC(C)(CNCc1cn(CCO)nn1)NC(=O)OC(C)(C)C. The van der Waals surface area contributed by atoms with Gasteiger partial charge in [0.25, 0.3) is 0 Å². The van der Waals surface area contributed by atoms with E-state index in [2.05, 4.69) is 20.9 Å². The molecule has 0 aliphatic rings. The zero-order chi connectivity index (χ0) is 16.8. The molecular weight excluding hydrogens is 286 g/mol. The van der Waals surface area contributed by atoms with Crippen LogP contribution in [0.15, 0.2) is 6.20 Å². The highest BCUT2D eigenvalue weighted by molar-refractivity contribution is 5.68. The first-order valence-electron chi connectivity index (χ1n) is 7.33. The lowest BCUT2D eigenvalue weighted by molar-refractivity contribution is 0.0472. The standard InChI is InChI=1S/C14H27N5O3/c1-13(2,3)22-12(21)16-14(4,5)10-15-8-11-9-19(6-7-20)18-17-11/h9,15,20H,6-8,10H2,1-5H3,(H,16,21). The smallest absolute Gasteiger partial charge is 0.408 e. The Hall–Kier alpha value is -1.67. The number of rotatable bonds is 7. The first-order chi connectivity index (χ1) is 10.1. The summed E-state index contributed by atoms with van der Waals surface area (Å²) >= 11 is 0. The number of hydrogen-bond donors (Lipinski definition) is 3. The normalized spacial score (nSPS) is 12.3. The van der Waals surface area contributed by atoms with Gasteiger partial charge in [-0.2, -0.15) is 0 Å². The van der Waals surface area contributed by atoms with Gasteiger partial charge in [-0.15, -0.1) is 5.10 Å². The van der Waals surface area contributed by atoms with Crippen LogP contribution < -0.4 is 10.6 Å². The number of carbonyl (C=O) groups excluding carboxylic acids is 1. The van der Waals surface area contributed by atoms with Crippen LogP contribution in [0.1, 0.15) is 40.3 Å². The van der Waals surface area contributed by atoms with Gasteiger partial charge in [-0.3, -0.25) is 0 Å². The third-order valence-corrected chi connectivity index (χ3v) is 2.63. The van der Waals surface area contributed by atoms with Crippen molar-refractivity contribution in [1.29, 1.82) is 0 Å². The van der Waals surface area contributed by atoms with Crippen molar-refractivity contribution in [1.82, 2.24) is 25.6 Å². The molecule has 0 saturated carbocycles. The predicted molar refractivity (Wildman–Crippen MR) is 82.3 cm³/mol. The molecule has 0 spiro atoms. The van der Waals surface area contributed by atoms with E-state index in [1.54, 1.807) is 10.9 Å². The van der Waals surface area contributed by atoms with Crippen molar-refractivity contribution in [3.05, 3.63) is 11.9 Å². The fraction of sp³-hybridized carbons (Fsp3) is 0.786. The average molecular weight is 313 g/mol. The van der Waals surface area contributed by atoms with Crippen molar-refractivity contribution in [2.45, 2.75) is 58.8 Å². The van der Waals surface area contributed by atoms with Gasteiger partial charge in [0.2, 0.25) is 0 Å². The minimum Gasteiger partial charge on any atom is -0.444 e. The Kier molecular flexibility index (Phi) is 6.31. The molecular formula is C14H27N5O3. The van der Waals surface area contributed by atoms with Gasteiger partial charge in [-0.1, -0.05) is 5.21 Å². The summed E-state index contributed by atoms with van der Waals surface area (Å²) in [6, 6.07) is 0. The molecule has 0 aliphatic carbocycles. The second-order valence-electron chi connectivity index (χ2n) is 6.81. The Bertz CT molecular complexity index is 479. The van der Waals surface area contributed by atoms with Gasteiger partial charge in [-0.05, 0) is 34.6 Å². The quantitative estimate of drug-likeness (QED) is 0.684. The topological polar surface area (TPSA) is 101 Å². The molecule has 0 unspecified atom stereocenters. The highest BCUT2D eigenvalue weighted by Gasteiger charge is 2.24. The van der Waals surface area contributed by atoms with Crippen molar-refractivity contribution in [2.75, 3.05) is 13.2 Å². The molecule has 3 N–H and O–H groups in total. The number of aliphatic hydroxyl groups excluding tert-OH is 1. The first-order valence-corrected chi connectivity index (χ1v) is 7.33. The largest absolute Gasteiger partial charge is 0.444 e. The van der Waals surface area contributed by atoms with E-state index in [0.29, 0.717) is 19.6 Å². The van der Waals surface area contributed by atoms with E-state index in [9.17, 15) is 4.79 Å². The second kappa shape index (κ2) is 7.55. The first kappa shape index (κ1) is 18.4. The number of nitrogens with one attached hydrogen (secondary N) is 2. The van der Waals surface area contributed by atoms with E-state index in [1.807, 2.05) is 34.6 Å². The molecule has 1 amide bonds. The van der Waals surface area contributed by atoms with Crippen LogP contribution in [0.5, 0.6) is 0 Å². The molecule has 0 saturated heterocycles. The summed E-state index contributed by atoms with van der Waals surface area (Å²) in [7, 11) is 0. The molecule has 0 radical (unpaired) electrons. The highest BCUT2D eigenvalue weighted by Crippen LogP contribution is 2.09. The highest BCUT2D eigenvalue weighted by atomic mass is 16.6. The van der Waals surface area contributed by atoms with E-state index in [-0.39, 0.29) is 6.61 Å². The Morgan fingerprint density at radius 3 is 2.64 bits per heavy atom. The molecule has 8 nitrogen and oxygen atoms in total. The Balaban J connectivity index is 2.36. The summed E-state index contributed by atoms with van der Waals surface area (Å²) in [4.78, 5) is 11.8. The van der Waals surface area contributed by atoms with Gasteiger partial charge in [0.05, 0.1) is 24.4 Å². The minimum atomic E-state index is -0.515. The van der Waals surface area contributed by atoms with Crippen LogP contribution >= 0.6 is 0 Å². The van der Waals surface area contributed by atoms with E-state index >= 15 is 0 Å². The average Bonchev–Trinajstić information content (AvgIpc) is 2.73. The Morgan fingerprint density at radius 1 is 1.36 bits per heavy atom. The number of aromatic nitrogens is 3. The monoisotopic (exact) mass is 313 g/mol. The number of alkyl carbamates (subject to hydrolysis) is 1. The number of hydrogen-bond acceptors (Lipinski definition) is 6. The molecule has 1 rings (SSSR count). The lowest BCUT2D eigenvalue weighted by atomic mass is 10.1. The van der Waals surface area contributed by atoms with Gasteiger partial charge in [0, 0.05) is 19.3 Å². The summed E-state index contributed by atoms with van der Waals surface area (Å²) in [5, 5.41) is 22.7. The third-order valence-electron chi connectivity index (χ3n) is 2.63. The lowest BCUT2D eigenvalue weighted by Crippen LogP contribution is -2.51. The summed E-state index contributed by atoms with van der Waals surface area (Å²) in [5.41, 5.74) is -0.191. The number of nitrogens with zero attached hydrogens (tertiary/aromatic N) is 3. The molecule has 22 heavy (non-hydrogen) atoms. The molecule has 0 atom stereocenters. The maximum Gasteiger partial charge on any atom is 0.408 e. The van der Waals surface area contributed by atoms with E-state index in [4.69, 9.17) is 9.84 Å².